The lowest BCUT2D eigenvalue weighted by molar-refractivity contribution is 0.394. The minimum Gasteiger partial charge on any atom is -0.192 e. The Kier molecular flexibility index (Phi) is 4.50. The average molecular weight is 245 g/mol. The Balaban J connectivity index is 1.87. The standard InChI is InChI=1S/C15H19NS/c1-12-4-2-7-15(8-12)17-11-14-6-3-5-13(9-14)10-16/h3,5-6,9,12,15H,2,4,7-8,11H2,1H3. The van der Waals surface area contributed by atoms with Crippen LogP contribution in [-0.2, 0) is 5.75 Å². The predicted octanol–water partition coefficient (Wildman–Crippen LogP) is 4.37. The van der Waals surface area contributed by atoms with Gasteiger partial charge in [0.15, 0.2) is 0 Å². The number of benzene rings is 1. The molecule has 0 aromatic heterocycles. The Morgan fingerprint density at radius 2 is 2.29 bits per heavy atom. The molecule has 17 heavy (non-hydrogen) atoms. The highest BCUT2D eigenvalue weighted by molar-refractivity contribution is 7.99. The Bertz CT molecular complexity index is 408. The van der Waals surface area contributed by atoms with Gasteiger partial charge in [-0.3, -0.25) is 0 Å². The smallest absolute Gasteiger partial charge is 0.0991 e. The van der Waals surface area contributed by atoms with Gasteiger partial charge in [-0.05, 0) is 36.5 Å². The van der Waals surface area contributed by atoms with Gasteiger partial charge in [-0.1, -0.05) is 31.9 Å². The van der Waals surface area contributed by atoms with Gasteiger partial charge < -0.3 is 0 Å². The first-order chi connectivity index (χ1) is 8.28. The lowest BCUT2D eigenvalue weighted by Crippen LogP contribution is -2.15. The highest BCUT2D eigenvalue weighted by Crippen LogP contribution is 2.33. The molecule has 1 saturated carbocycles. The molecule has 1 aliphatic rings. The molecule has 1 aromatic rings. The number of thioether (sulfide) groups is 1. The van der Waals surface area contributed by atoms with Crippen molar-refractivity contribution in [2.45, 2.75) is 43.6 Å². The molecule has 2 atom stereocenters. The molecule has 2 rings (SSSR count). The van der Waals surface area contributed by atoms with Crippen molar-refractivity contribution in [3.05, 3.63) is 35.4 Å². The number of nitriles is 1. The summed E-state index contributed by atoms with van der Waals surface area (Å²) in [5.74, 6) is 1.94. The molecule has 0 amide bonds. The first-order valence-corrected chi connectivity index (χ1v) is 7.43. The fourth-order valence-electron chi connectivity index (χ4n) is 2.47. The number of hydrogen-bond acceptors (Lipinski definition) is 2. The Labute approximate surface area is 108 Å². The van der Waals surface area contributed by atoms with Gasteiger partial charge in [0, 0.05) is 11.0 Å². The fraction of sp³-hybridized carbons (Fsp3) is 0.533. The summed E-state index contributed by atoms with van der Waals surface area (Å²) in [7, 11) is 0. The Morgan fingerprint density at radius 1 is 1.41 bits per heavy atom. The van der Waals surface area contributed by atoms with Crippen molar-refractivity contribution in [1.82, 2.24) is 0 Å². The summed E-state index contributed by atoms with van der Waals surface area (Å²) >= 11 is 2.06. The van der Waals surface area contributed by atoms with Crippen molar-refractivity contribution in [2.75, 3.05) is 0 Å². The van der Waals surface area contributed by atoms with Crippen molar-refractivity contribution in [3.8, 4) is 6.07 Å². The first-order valence-electron chi connectivity index (χ1n) is 6.38. The van der Waals surface area contributed by atoms with Crippen molar-refractivity contribution in [3.63, 3.8) is 0 Å². The molecule has 0 heterocycles. The summed E-state index contributed by atoms with van der Waals surface area (Å²) in [6, 6.07) is 10.2. The zero-order valence-corrected chi connectivity index (χ0v) is 11.2. The maximum atomic E-state index is 8.86. The summed E-state index contributed by atoms with van der Waals surface area (Å²) in [5.41, 5.74) is 2.06. The maximum absolute atomic E-state index is 8.86. The third-order valence-electron chi connectivity index (χ3n) is 3.43. The van der Waals surface area contributed by atoms with Crippen LogP contribution in [0.15, 0.2) is 24.3 Å². The van der Waals surface area contributed by atoms with Gasteiger partial charge in [0.2, 0.25) is 0 Å². The third kappa shape index (κ3) is 3.78. The van der Waals surface area contributed by atoms with Crippen LogP contribution in [0.4, 0.5) is 0 Å². The van der Waals surface area contributed by atoms with Crippen LogP contribution >= 0.6 is 11.8 Å². The topological polar surface area (TPSA) is 23.8 Å². The van der Waals surface area contributed by atoms with Crippen molar-refractivity contribution < 1.29 is 0 Å². The van der Waals surface area contributed by atoms with Crippen LogP contribution in [0.5, 0.6) is 0 Å². The molecule has 0 saturated heterocycles. The van der Waals surface area contributed by atoms with E-state index in [9.17, 15) is 0 Å². The SMILES string of the molecule is CC1CCCC(SCc2cccc(C#N)c2)C1. The van der Waals surface area contributed by atoms with Gasteiger partial charge in [0.1, 0.15) is 0 Å². The molecule has 0 bridgehead atoms. The van der Waals surface area contributed by atoms with E-state index in [1.807, 2.05) is 18.2 Å². The number of nitrogens with zero attached hydrogens (tertiary/aromatic N) is 1. The van der Waals surface area contributed by atoms with Gasteiger partial charge in [-0.2, -0.15) is 17.0 Å². The van der Waals surface area contributed by atoms with Gasteiger partial charge in [0.05, 0.1) is 11.6 Å². The van der Waals surface area contributed by atoms with Crippen LogP contribution in [0.3, 0.4) is 0 Å². The van der Waals surface area contributed by atoms with E-state index in [4.69, 9.17) is 5.26 Å². The second kappa shape index (κ2) is 6.12. The Morgan fingerprint density at radius 3 is 3.06 bits per heavy atom. The molecular weight excluding hydrogens is 226 g/mol. The van der Waals surface area contributed by atoms with Crippen LogP contribution in [0.1, 0.15) is 43.7 Å². The lowest BCUT2D eigenvalue weighted by Gasteiger charge is -2.26. The summed E-state index contributed by atoms with van der Waals surface area (Å²) in [6.07, 6.45) is 5.52. The second-order valence-electron chi connectivity index (χ2n) is 5.02. The summed E-state index contributed by atoms with van der Waals surface area (Å²) in [5, 5.41) is 9.68. The van der Waals surface area contributed by atoms with Crippen LogP contribution in [0, 0.1) is 17.2 Å². The van der Waals surface area contributed by atoms with E-state index in [1.54, 1.807) is 0 Å². The van der Waals surface area contributed by atoms with Crippen LogP contribution in [0.25, 0.3) is 0 Å². The molecule has 0 spiro atoms. The fourth-order valence-corrected chi connectivity index (χ4v) is 3.88. The zero-order valence-electron chi connectivity index (χ0n) is 10.4. The quantitative estimate of drug-likeness (QED) is 0.789. The first kappa shape index (κ1) is 12.5. The van der Waals surface area contributed by atoms with Crippen molar-refractivity contribution >= 4 is 11.8 Å². The monoisotopic (exact) mass is 245 g/mol. The zero-order chi connectivity index (χ0) is 12.1. The minimum atomic E-state index is 0.778. The van der Waals surface area contributed by atoms with Gasteiger partial charge >= 0.3 is 0 Å². The van der Waals surface area contributed by atoms with E-state index in [1.165, 1.54) is 31.2 Å². The highest BCUT2D eigenvalue weighted by atomic mass is 32.2. The molecule has 0 radical (unpaired) electrons. The predicted molar refractivity (Wildman–Crippen MR) is 73.9 cm³/mol. The van der Waals surface area contributed by atoms with E-state index in [0.29, 0.717) is 0 Å². The van der Waals surface area contributed by atoms with Crippen molar-refractivity contribution in [1.29, 1.82) is 5.26 Å². The summed E-state index contributed by atoms with van der Waals surface area (Å²) in [6.45, 7) is 2.36. The number of rotatable bonds is 3. The molecule has 1 aliphatic carbocycles. The highest BCUT2D eigenvalue weighted by Gasteiger charge is 2.18. The number of hydrogen-bond donors (Lipinski definition) is 0. The molecule has 2 unspecified atom stereocenters. The second-order valence-corrected chi connectivity index (χ2v) is 6.31. The summed E-state index contributed by atoms with van der Waals surface area (Å²) < 4.78 is 0. The van der Waals surface area contributed by atoms with Crippen LogP contribution in [0.2, 0.25) is 0 Å². The molecule has 1 aromatic carbocycles. The van der Waals surface area contributed by atoms with E-state index >= 15 is 0 Å². The van der Waals surface area contributed by atoms with E-state index in [0.717, 1.165) is 22.5 Å². The third-order valence-corrected chi connectivity index (χ3v) is 4.83. The molecule has 0 aliphatic heterocycles. The summed E-state index contributed by atoms with van der Waals surface area (Å²) in [4.78, 5) is 0. The van der Waals surface area contributed by atoms with Crippen LogP contribution in [-0.4, -0.2) is 5.25 Å². The molecule has 1 nitrogen and oxygen atoms in total. The molecule has 2 heteroatoms. The van der Waals surface area contributed by atoms with Crippen molar-refractivity contribution in [2.24, 2.45) is 5.92 Å². The largest absolute Gasteiger partial charge is 0.192 e. The van der Waals surface area contributed by atoms with Gasteiger partial charge in [0.25, 0.3) is 0 Å². The lowest BCUT2D eigenvalue weighted by atomic mass is 9.91. The normalized spacial score (nSPS) is 24.2. The van der Waals surface area contributed by atoms with Crippen LogP contribution < -0.4 is 0 Å². The average Bonchev–Trinajstić information content (AvgIpc) is 2.37. The molecule has 0 N–H and O–H groups in total. The Hall–Kier alpha value is -0.940. The molecule has 90 valence electrons. The van der Waals surface area contributed by atoms with E-state index in [-0.39, 0.29) is 0 Å². The molecular formula is C15H19NS. The maximum Gasteiger partial charge on any atom is 0.0991 e. The van der Waals surface area contributed by atoms with Gasteiger partial charge in [-0.25, -0.2) is 0 Å². The molecule has 1 fully saturated rings. The minimum absolute atomic E-state index is 0.778. The van der Waals surface area contributed by atoms with Gasteiger partial charge in [-0.15, -0.1) is 0 Å². The van der Waals surface area contributed by atoms with E-state index in [2.05, 4.69) is 30.8 Å². The van der Waals surface area contributed by atoms with E-state index < -0.39 is 0 Å².